The highest BCUT2D eigenvalue weighted by molar-refractivity contribution is 6.02. The van der Waals surface area contributed by atoms with E-state index in [1.807, 2.05) is 25.1 Å². The first-order valence-corrected chi connectivity index (χ1v) is 9.67. The summed E-state index contributed by atoms with van der Waals surface area (Å²) in [5.41, 5.74) is 4.12. The number of aromatic amines is 1. The van der Waals surface area contributed by atoms with Crippen LogP contribution in [0.15, 0.2) is 30.3 Å². The Morgan fingerprint density at radius 2 is 1.89 bits per heavy atom. The van der Waals surface area contributed by atoms with Gasteiger partial charge in [-0.05, 0) is 51.4 Å². The van der Waals surface area contributed by atoms with Gasteiger partial charge in [-0.15, -0.1) is 0 Å². The molecule has 2 rings (SSSR count). The first kappa shape index (κ1) is 20.9. The molecule has 5 heteroatoms. The summed E-state index contributed by atoms with van der Waals surface area (Å²) in [5, 5.41) is 2.99. The Morgan fingerprint density at radius 3 is 2.52 bits per heavy atom. The lowest BCUT2D eigenvalue weighted by Crippen LogP contribution is -2.29. The number of aromatic nitrogens is 1. The van der Waals surface area contributed by atoms with Crippen molar-refractivity contribution in [1.82, 2.24) is 15.2 Å². The van der Waals surface area contributed by atoms with E-state index < -0.39 is 0 Å². The molecular weight excluding hydrogens is 338 g/mol. The Kier molecular flexibility index (Phi) is 7.80. The van der Waals surface area contributed by atoms with E-state index in [2.05, 4.69) is 41.3 Å². The van der Waals surface area contributed by atoms with Gasteiger partial charge in [-0.3, -0.25) is 9.59 Å². The molecule has 0 atom stereocenters. The highest BCUT2D eigenvalue weighted by Crippen LogP contribution is 2.21. The largest absolute Gasteiger partial charge is 0.354 e. The maximum absolute atomic E-state index is 12.6. The first-order chi connectivity index (χ1) is 12.9. The SMILES string of the molecule is CCCc1c(C(=O)NCCCN(C)Cc2ccccc2)[nH]c(C)c1C(C)=O. The molecule has 0 bridgehead atoms. The van der Waals surface area contributed by atoms with Gasteiger partial charge in [0.1, 0.15) is 5.69 Å². The van der Waals surface area contributed by atoms with Gasteiger partial charge >= 0.3 is 0 Å². The molecule has 146 valence electrons. The number of ketones is 1. The molecule has 1 aromatic heterocycles. The third-order valence-electron chi connectivity index (χ3n) is 4.67. The molecule has 0 saturated carbocycles. The molecule has 1 aromatic carbocycles. The van der Waals surface area contributed by atoms with Crippen LogP contribution < -0.4 is 5.32 Å². The van der Waals surface area contributed by atoms with Crippen LogP contribution in [0.1, 0.15) is 64.4 Å². The van der Waals surface area contributed by atoms with Gasteiger partial charge in [-0.1, -0.05) is 43.7 Å². The highest BCUT2D eigenvalue weighted by atomic mass is 16.2. The Bertz CT molecular complexity index is 765. The summed E-state index contributed by atoms with van der Waals surface area (Å²) in [6, 6.07) is 10.4. The third kappa shape index (κ3) is 5.79. The lowest BCUT2D eigenvalue weighted by Gasteiger charge is -2.16. The summed E-state index contributed by atoms with van der Waals surface area (Å²) in [6.45, 7) is 7.87. The average Bonchev–Trinajstić information content (AvgIpc) is 2.96. The highest BCUT2D eigenvalue weighted by Gasteiger charge is 2.21. The Balaban J connectivity index is 1.87. The van der Waals surface area contributed by atoms with Crippen LogP contribution in [-0.4, -0.2) is 41.7 Å². The Morgan fingerprint density at radius 1 is 1.19 bits per heavy atom. The van der Waals surface area contributed by atoms with Crippen molar-refractivity contribution in [3.63, 3.8) is 0 Å². The van der Waals surface area contributed by atoms with Gasteiger partial charge in [0, 0.05) is 24.3 Å². The zero-order valence-corrected chi connectivity index (χ0v) is 16.9. The fourth-order valence-electron chi connectivity index (χ4n) is 3.46. The normalized spacial score (nSPS) is 11.0. The predicted octanol–water partition coefficient (Wildman–Crippen LogP) is 3.73. The molecule has 0 aliphatic carbocycles. The number of nitrogens with one attached hydrogen (secondary N) is 2. The summed E-state index contributed by atoms with van der Waals surface area (Å²) < 4.78 is 0. The zero-order valence-electron chi connectivity index (χ0n) is 16.9. The van der Waals surface area contributed by atoms with Crippen LogP contribution in [0.2, 0.25) is 0 Å². The number of amides is 1. The van der Waals surface area contributed by atoms with Crippen molar-refractivity contribution in [2.45, 2.75) is 46.6 Å². The van der Waals surface area contributed by atoms with Crippen molar-refractivity contribution in [1.29, 1.82) is 0 Å². The van der Waals surface area contributed by atoms with E-state index in [0.717, 1.165) is 43.6 Å². The predicted molar refractivity (Wildman–Crippen MR) is 109 cm³/mol. The van der Waals surface area contributed by atoms with Crippen LogP contribution in [0, 0.1) is 6.92 Å². The van der Waals surface area contributed by atoms with E-state index in [4.69, 9.17) is 0 Å². The molecule has 0 aliphatic heterocycles. The van der Waals surface area contributed by atoms with Crippen molar-refractivity contribution in [2.24, 2.45) is 0 Å². The molecule has 2 N–H and O–H groups in total. The number of carbonyl (C=O) groups is 2. The van der Waals surface area contributed by atoms with Gasteiger partial charge in [0.05, 0.1) is 0 Å². The van der Waals surface area contributed by atoms with Crippen molar-refractivity contribution in [3.8, 4) is 0 Å². The van der Waals surface area contributed by atoms with E-state index in [-0.39, 0.29) is 11.7 Å². The van der Waals surface area contributed by atoms with Crippen LogP contribution in [-0.2, 0) is 13.0 Å². The monoisotopic (exact) mass is 369 g/mol. The molecule has 0 aliphatic rings. The second-order valence-electron chi connectivity index (χ2n) is 7.12. The lowest BCUT2D eigenvalue weighted by atomic mass is 10.0. The summed E-state index contributed by atoms with van der Waals surface area (Å²) in [6.07, 6.45) is 2.49. The fourth-order valence-corrected chi connectivity index (χ4v) is 3.46. The number of hydrogen-bond acceptors (Lipinski definition) is 3. The maximum atomic E-state index is 12.6. The Hall–Kier alpha value is -2.40. The van der Waals surface area contributed by atoms with Crippen molar-refractivity contribution < 1.29 is 9.59 Å². The molecule has 5 nitrogen and oxygen atoms in total. The van der Waals surface area contributed by atoms with E-state index in [1.165, 1.54) is 5.56 Å². The molecule has 0 spiro atoms. The van der Waals surface area contributed by atoms with Crippen LogP contribution >= 0.6 is 0 Å². The number of carbonyl (C=O) groups excluding carboxylic acids is 2. The number of H-pyrrole nitrogens is 1. The van der Waals surface area contributed by atoms with E-state index in [0.29, 0.717) is 17.8 Å². The standard InChI is InChI=1S/C22H31N3O2/c1-5-10-19-20(17(3)26)16(2)24-21(19)22(27)23-13-9-14-25(4)15-18-11-7-6-8-12-18/h6-8,11-12,24H,5,9-10,13-15H2,1-4H3,(H,23,27). The summed E-state index contributed by atoms with van der Waals surface area (Å²) >= 11 is 0. The van der Waals surface area contributed by atoms with Gasteiger partial charge < -0.3 is 15.2 Å². The van der Waals surface area contributed by atoms with Gasteiger partial charge in [-0.25, -0.2) is 0 Å². The van der Waals surface area contributed by atoms with Crippen LogP contribution in [0.25, 0.3) is 0 Å². The minimum absolute atomic E-state index is 0.00814. The number of aryl methyl sites for hydroxylation is 1. The number of rotatable bonds is 10. The molecule has 27 heavy (non-hydrogen) atoms. The van der Waals surface area contributed by atoms with Crippen molar-refractivity contribution in [2.75, 3.05) is 20.1 Å². The first-order valence-electron chi connectivity index (χ1n) is 9.67. The number of benzene rings is 1. The second kappa shape index (κ2) is 10.1. The number of Topliss-reactive ketones (excluding diaryl/α,β-unsaturated/α-hetero) is 1. The quantitative estimate of drug-likeness (QED) is 0.495. The second-order valence-corrected chi connectivity index (χ2v) is 7.12. The fraction of sp³-hybridized carbons (Fsp3) is 0.455. The minimum Gasteiger partial charge on any atom is -0.354 e. The maximum Gasteiger partial charge on any atom is 0.268 e. The Labute approximate surface area is 162 Å². The topological polar surface area (TPSA) is 65.2 Å². The van der Waals surface area contributed by atoms with Crippen LogP contribution in [0.5, 0.6) is 0 Å². The zero-order chi connectivity index (χ0) is 19.8. The van der Waals surface area contributed by atoms with Gasteiger partial charge in [0.2, 0.25) is 0 Å². The summed E-state index contributed by atoms with van der Waals surface area (Å²) in [5.74, 6) is -0.117. The summed E-state index contributed by atoms with van der Waals surface area (Å²) in [4.78, 5) is 29.9. The number of hydrogen-bond donors (Lipinski definition) is 2. The third-order valence-corrected chi connectivity index (χ3v) is 4.67. The van der Waals surface area contributed by atoms with Crippen molar-refractivity contribution >= 4 is 11.7 Å². The van der Waals surface area contributed by atoms with Gasteiger partial charge in [0.25, 0.3) is 5.91 Å². The van der Waals surface area contributed by atoms with E-state index in [9.17, 15) is 9.59 Å². The molecule has 1 heterocycles. The van der Waals surface area contributed by atoms with Crippen molar-refractivity contribution in [3.05, 3.63) is 58.4 Å². The average molecular weight is 370 g/mol. The van der Waals surface area contributed by atoms with E-state index >= 15 is 0 Å². The van der Waals surface area contributed by atoms with Crippen LogP contribution in [0.3, 0.4) is 0 Å². The minimum atomic E-state index is -0.125. The molecule has 1 amide bonds. The molecule has 2 aromatic rings. The molecule has 0 radical (unpaired) electrons. The number of nitrogens with zero attached hydrogens (tertiary/aromatic N) is 1. The summed E-state index contributed by atoms with van der Waals surface area (Å²) in [7, 11) is 2.08. The van der Waals surface area contributed by atoms with Gasteiger partial charge in [0.15, 0.2) is 5.78 Å². The molecule has 0 unspecified atom stereocenters. The van der Waals surface area contributed by atoms with Gasteiger partial charge in [-0.2, -0.15) is 0 Å². The molecule has 0 saturated heterocycles. The smallest absolute Gasteiger partial charge is 0.268 e. The molecular formula is C22H31N3O2. The lowest BCUT2D eigenvalue weighted by molar-refractivity contribution is 0.0946. The molecule has 0 fully saturated rings. The van der Waals surface area contributed by atoms with Crippen LogP contribution in [0.4, 0.5) is 0 Å². The van der Waals surface area contributed by atoms with E-state index in [1.54, 1.807) is 6.92 Å².